The van der Waals surface area contributed by atoms with Crippen molar-refractivity contribution in [1.29, 1.82) is 0 Å². The normalized spacial score (nSPS) is 8.75. The zero-order valence-electron chi connectivity index (χ0n) is 9.18. The third kappa shape index (κ3) is 19.5. The molecule has 0 spiro atoms. The van der Waals surface area contributed by atoms with Gasteiger partial charge in [0.2, 0.25) is 0 Å². The van der Waals surface area contributed by atoms with Crippen molar-refractivity contribution in [3.63, 3.8) is 0 Å². The van der Waals surface area contributed by atoms with E-state index in [4.69, 9.17) is 10.2 Å². The van der Waals surface area contributed by atoms with E-state index in [1.54, 1.807) is 0 Å². The summed E-state index contributed by atoms with van der Waals surface area (Å²) in [7, 11) is 0. The van der Waals surface area contributed by atoms with E-state index in [-0.39, 0.29) is 46.8 Å². The second-order valence-electron chi connectivity index (χ2n) is 3.41. The van der Waals surface area contributed by atoms with Gasteiger partial charge in [0, 0.05) is 12.8 Å². The van der Waals surface area contributed by atoms with Gasteiger partial charge < -0.3 is 10.2 Å². The molecule has 0 aromatic heterocycles. The van der Waals surface area contributed by atoms with Gasteiger partial charge in [0.15, 0.2) is 0 Å². The van der Waals surface area contributed by atoms with Crippen molar-refractivity contribution in [3.05, 3.63) is 0 Å². The van der Waals surface area contributed by atoms with Gasteiger partial charge in [-0.15, -0.1) is 34.0 Å². The highest BCUT2D eigenvalue weighted by atomic mass is 79.9. The number of halogens is 2. The molecule has 4 nitrogen and oxygen atoms in total. The summed E-state index contributed by atoms with van der Waals surface area (Å²) in [5.41, 5.74) is 0. The SMILES string of the molecule is Br.Br.O=C(O)CCCCCCCCC(=O)O. The topological polar surface area (TPSA) is 74.6 Å². The lowest BCUT2D eigenvalue weighted by atomic mass is 10.1. The minimum absolute atomic E-state index is 0. The van der Waals surface area contributed by atoms with E-state index < -0.39 is 11.9 Å². The average Bonchev–Trinajstić information content (AvgIpc) is 2.08. The molecule has 0 aromatic rings. The van der Waals surface area contributed by atoms with Crippen LogP contribution < -0.4 is 0 Å². The molecule has 0 unspecified atom stereocenters. The minimum atomic E-state index is -0.740. The van der Waals surface area contributed by atoms with Crippen LogP contribution in [0.1, 0.15) is 51.4 Å². The first kappa shape index (κ1) is 21.2. The molecule has 0 heterocycles. The fraction of sp³-hybridized carbons (Fsp3) is 0.800. The van der Waals surface area contributed by atoms with Crippen molar-refractivity contribution in [2.24, 2.45) is 0 Å². The number of rotatable bonds is 9. The molecule has 0 aliphatic heterocycles. The van der Waals surface area contributed by atoms with Crippen molar-refractivity contribution in [2.45, 2.75) is 51.4 Å². The predicted molar refractivity (Wildman–Crippen MR) is 72.9 cm³/mol. The van der Waals surface area contributed by atoms with Crippen LogP contribution in [0.3, 0.4) is 0 Å². The fourth-order valence-electron chi connectivity index (χ4n) is 1.26. The Labute approximate surface area is 117 Å². The second-order valence-corrected chi connectivity index (χ2v) is 3.41. The Morgan fingerprint density at radius 2 is 0.875 bits per heavy atom. The van der Waals surface area contributed by atoms with Gasteiger partial charge in [-0.2, -0.15) is 0 Å². The maximum Gasteiger partial charge on any atom is 0.303 e. The van der Waals surface area contributed by atoms with Crippen LogP contribution in [0.5, 0.6) is 0 Å². The summed E-state index contributed by atoms with van der Waals surface area (Å²) in [6.07, 6.45) is 5.82. The van der Waals surface area contributed by atoms with Crippen molar-refractivity contribution in [1.82, 2.24) is 0 Å². The summed E-state index contributed by atoms with van der Waals surface area (Å²) in [5.74, 6) is -1.48. The average molecular weight is 364 g/mol. The van der Waals surface area contributed by atoms with Gasteiger partial charge in [-0.1, -0.05) is 25.7 Å². The molecule has 6 heteroatoms. The van der Waals surface area contributed by atoms with Crippen LogP contribution in [0.15, 0.2) is 0 Å². The number of aliphatic carboxylic acids is 2. The number of carboxylic acid groups (broad SMARTS) is 2. The Morgan fingerprint density at radius 1 is 0.625 bits per heavy atom. The van der Waals surface area contributed by atoms with E-state index in [0.717, 1.165) is 38.5 Å². The minimum Gasteiger partial charge on any atom is -0.481 e. The highest BCUT2D eigenvalue weighted by Crippen LogP contribution is 2.08. The molecular formula is C10H20Br2O4. The van der Waals surface area contributed by atoms with Crippen LogP contribution in [-0.2, 0) is 9.59 Å². The highest BCUT2D eigenvalue weighted by molar-refractivity contribution is 8.93. The summed E-state index contributed by atoms with van der Waals surface area (Å²) >= 11 is 0. The van der Waals surface area contributed by atoms with Gasteiger partial charge >= 0.3 is 11.9 Å². The second kappa shape index (κ2) is 14.9. The molecule has 0 amide bonds. The quantitative estimate of drug-likeness (QED) is 0.615. The van der Waals surface area contributed by atoms with Crippen LogP contribution >= 0.6 is 34.0 Å². The van der Waals surface area contributed by atoms with Crippen LogP contribution in [-0.4, -0.2) is 22.2 Å². The van der Waals surface area contributed by atoms with Crippen molar-refractivity contribution < 1.29 is 19.8 Å². The third-order valence-electron chi connectivity index (χ3n) is 2.03. The van der Waals surface area contributed by atoms with E-state index in [2.05, 4.69) is 0 Å². The summed E-state index contributed by atoms with van der Waals surface area (Å²) in [6.45, 7) is 0. The first-order valence-corrected chi connectivity index (χ1v) is 5.06. The molecule has 0 aromatic carbocycles. The lowest BCUT2D eigenvalue weighted by Crippen LogP contribution is -1.94. The number of carbonyl (C=O) groups is 2. The zero-order valence-corrected chi connectivity index (χ0v) is 12.6. The fourth-order valence-corrected chi connectivity index (χ4v) is 1.26. The number of hydrogen-bond donors (Lipinski definition) is 2. The molecule has 2 N–H and O–H groups in total. The largest absolute Gasteiger partial charge is 0.481 e. The maximum absolute atomic E-state index is 10.1. The van der Waals surface area contributed by atoms with E-state index in [1.807, 2.05) is 0 Å². The molecule has 0 rings (SSSR count). The first-order valence-electron chi connectivity index (χ1n) is 5.06. The third-order valence-corrected chi connectivity index (χ3v) is 2.03. The Bertz CT molecular complexity index is 166. The molecule has 0 saturated carbocycles. The highest BCUT2D eigenvalue weighted by Gasteiger charge is 1.98. The standard InChI is InChI=1S/C10H18O4.2BrH/c11-9(12)7-5-3-1-2-4-6-8-10(13)14;;/h1-8H2,(H,11,12)(H,13,14);2*1H. The summed E-state index contributed by atoms with van der Waals surface area (Å²) < 4.78 is 0. The summed E-state index contributed by atoms with van der Waals surface area (Å²) in [6, 6.07) is 0. The predicted octanol–water partition coefficient (Wildman–Crippen LogP) is 3.43. The Hall–Kier alpha value is -0.100. The summed E-state index contributed by atoms with van der Waals surface area (Å²) in [5, 5.41) is 16.7. The van der Waals surface area contributed by atoms with Crippen LogP contribution in [0.25, 0.3) is 0 Å². The van der Waals surface area contributed by atoms with Gasteiger partial charge in [0.25, 0.3) is 0 Å². The molecule has 0 aliphatic carbocycles. The molecule has 0 radical (unpaired) electrons. The van der Waals surface area contributed by atoms with Crippen LogP contribution in [0.4, 0.5) is 0 Å². The van der Waals surface area contributed by atoms with Gasteiger partial charge in [0.1, 0.15) is 0 Å². The Kier molecular flexibility index (Phi) is 19.8. The first-order chi connectivity index (χ1) is 6.63. The van der Waals surface area contributed by atoms with Gasteiger partial charge in [-0.3, -0.25) is 9.59 Å². The van der Waals surface area contributed by atoms with Gasteiger partial charge in [-0.25, -0.2) is 0 Å². The lowest BCUT2D eigenvalue weighted by Gasteiger charge is -1.98. The van der Waals surface area contributed by atoms with Crippen LogP contribution in [0, 0.1) is 0 Å². The number of unbranched alkanes of at least 4 members (excludes halogenated alkanes) is 5. The van der Waals surface area contributed by atoms with Crippen molar-refractivity contribution >= 4 is 45.9 Å². The smallest absolute Gasteiger partial charge is 0.303 e. The Balaban J connectivity index is -0.000000845. The van der Waals surface area contributed by atoms with Crippen molar-refractivity contribution in [3.8, 4) is 0 Å². The van der Waals surface area contributed by atoms with Gasteiger partial charge in [0.05, 0.1) is 0 Å². The van der Waals surface area contributed by atoms with E-state index in [1.165, 1.54) is 0 Å². The van der Waals surface area contributed by atoms with E-state index in [0.29, 0.717) is 0 Å². The molecule has 0 fully saturated rings. The molecule has 0 atom stereocenters. The van der Waals surface area contributed by atoms with Crippen LogP contribution in [0.2, 0.25) is 0 Å². The number of hydrogen-bond acceptors (Lipinski definition) is 2. The zero-order chi connectivity index (χ0) is 10.8. The maximum atomic E-state index is 10.1. The lowest BCUT2D eigenvalue weighted by molar-refractivity contribution is -0.138. The molecular weight excluding hydrogens is 344 g/mol. The molecule has 16 heavy (non-hydrogen) atoms. The molecule has 0 aliphatic rings. The molecule has 0 saturated heterocycles. The van der Waals surface area contributed by atoms with Gasteiger partial charge in [-0.05, 0) is 12.8 Å². The Morgan fingerprint density at radius 3 is 1.12 bits per heavy atom. The summed E-state index contributed by atoms with van der Waals surface area (Å²) in [4.78, 5) is 20.3. The van der Waals surface area contributed by atoms with E-state index in [9.17, 15) is 9.59 Å². The number of carboxylic acids is 2. The molecule has 0 bridgehead atoms. The van der Waals surface area contributed by atoms with Crippen molar-refractivity contribution in [2.75, 3.05) is 0 Å². The van der Waals surface area contributed by atoms with E-state index >= 15 is 0 Å². The molecule has 98 valence electrons. The monoisotopic (exact) mass is 362 g/mol.